The lowest BCUT2D eigenvalue weighted by Gasteiger charge is -2.14. The van der Waals surface area contributed by atoms with Gasteiger partial charge >= 0.3 is 0 Å². The molecule has 0 radical (unpaired) electrons. The Balaban J connectivity index is 2.24. The lowest BCUT2D eigenvalue weighted by molar-refractivity contribution is 0.472. The predicted octanol–water partition coefficient (Wildman–Crippen LogP) is 5.17. The molecule has 4 heteroatoms. The van der Waals surface area contributed by atoms with Gasteiger partial charge in [0.15, 0.2) is 0 Å². The molecule has 0 aromatic heterocycles. The summed E-state index contributed by atoms with van der Waals surface area (Å²) in [7, 11) is 0. The van der Waals surface area contributed by atoms with Crippen molar-refractivity contribution >= 4 is 27.5 Å². The normalized spacial score (nSPS) is 12.2. The number of nitrogens with two attached hydrogens (primary N) is 1. The van der Waals surface area contributed by atoms with Crippen molar-refractivity contribution in [1.29, 1.82) is 0 Å². The third-order valence-electron chi connectivity index (χ3n) is 3.08. The van der Waals surface area contributed by atoms with E-state index in [4.69, 9.17) is 22.1 Å². The zero-order valence-corrected chi connectivity index (χ0v) is 13.6. The van der Waals surface area contributed by atoms with Gasteiger partial charge in [-0.2, -0.15) is 0 Å². The molecule has 1 atom stereocenters. The zero-order chi connectivity index (χ0) is 14.5. The van der Waals surface area contributed by atoms with Gasteiger partial charge in [-0.15, -0.1) is 0 Å². The summed E-state index contributed by atoms with van der Waals surface area (Å²) in [5.74, 6) is 1.55. The van der Waals surface area contributed by atoms with Crippen LogP contribution in [0, 0.1) is 0 Å². The van der Waals surface area contributed by atoms with Crippen LogP contribution in [-0.2, 0) is 6.42 Å². The van der Waals surface area contributed by atoms with Gasteiger partial charge in [-0.05, 0) is 54.8 Å². The molecule has 1 unspecified atom stereocenters. The highest BCUT2D eigenvalue weighted by Crippen LogP contribution is 2.30. The van der Waals surface area contributed by atoms with E-state index in [9.17, 15) is 0 Å². The number of benzene rings is 2. The van der Waals surface area contributed by atoms with Crippen LogP contribution >= 0.6 is 27.5 Å². The second-order valence-corrected chi connectivity index (χ2v) is 6.03. The van der Waals surface area contributed by atoms with Gasteiger partial charge in [0.1, 0.15) is 11.5 Å². The summed E-state index contributed by atoms with van der Waals surface area (Å²) in [5, 5.41) is 0.658. The molecule has 0 spiro atoms. The van der Waals surface area contributed by atoms with E-state index in [1.54, 1.807) is 0 Å². The van der Waals surface area contributed by atoms with Crippen LogP contribution < -0.4 is 10.5 Å². The first-order valence-corrected chi connectivity index (χ1v) is 7.73. The summed E-state index contributed by atoms with van der Waals surface area (Å²) >= 11 is 9.47. The molecule has 0 fully saturated rings. The van der Waals surface area contributed by atoms with Crippen LogP contribution in [0.15, 0.2) is 46.9 Å². The van der Waals surface area contributed by atoms with Crippen molar-refractivity contribution < 1.29 is 4.74 Å². The van der Waals surface area contributed by atoms with Crippen LogP contribution in [0.1, 0.15) is 18.9 Å². The Labute approximate surface area is 133 Å². The fraction of sp³-hybridized carbons (Fsp3) is 0.250. The Morgan fingerprint density at radius 3 is 2.55 bits per heavy atom. The van der Waals surface area contributed by atoms with Crippen molar-refractivity contribution in [3.63, 3.8) is 0 Å². The van der Waals surface area contributed by atoms with Crippen LogP contribution in [-0.4, -0.2) is 6.04 Å². The molecule has 0 aliphatic carbocycles. The monoisotopic (exact) mass is 353 g/mol. The quantitative estimate of drug-likeness (QED) is 0.803. The average Bonchev–Trinajstić information content (AvgIpc) is 2.44. The molecule has 0 saturated carbocycles. The largest absolute Gasteiger partial charge is 0.457 e. The smallest absolute Gasteiger partial charge is 0.132 e. The van der Waals surface area contributed by atoms with Crippen molar-refractivity contribution in [2.75, 3.05) is 0 Å². The second kappa shape index (κ2) is 7.11. The molecule has 2 nitrogen and oxygen atoms in total. The molecule has 0 saturated heterocycles. The molecule has 106 valence electrons. The van der Waals surface area contributed by atoms with Gasteiger partial charge in [0.2, 0.25) is 0 Å². The SMILES string of the molecule is CCC(N)Cc1ccc(Cl)cc1Oc1ccc(Br)cc1. The van der Waals surface area contributed by atoms with Crippen molar-refractivity contribution in [2.24, 2.45) is 5.73 Å². The lowest BCUT2D eigenvalue weighted by Crippen LogP contribution is -2.21. The molecule has 0 bridgehead atoms. The van der Waals surface area contributed by atoms with Crippen LogP contribution in [0.4, 0.5) is 0 Å². The Hall–Kier alpha value is -1.03. The van der Waals surface area contributed by atoms with Crippen molar-refractivity contribution in [2.45, 2.75) is 25.8 Å². The van der Waals surface area contributed by atoms with E-state index in [2.05, 4.69) is 22.9 Å². The number of halogens is 2. The van der Waals surface area contributed by atoms with E-state index < -0.39 is 0 Å². The molecule has 2 rings (SSSR count). The summed E-state index contributed by atoms with van der Waals surface area (Å²) in [6.45, 7) is 2.08. The third kappa shape index (κ3) is 4.23. The molecule has 2 N–H and O–H groups in total. The third-order valence-corrected chi connectivity index (χ3v) is 3.84. The summed E-state index contributed by atoms with van der Waals surface area (Å²) in [5.41, 5.74) is 7.11. The maximum atomic E-state index is 6.06. The minimum absolute atomic E-state index is 0.128. The van der Waals surface area contributed by atoms with Crippen LogP contribution in [0.25, 0.3) is 0 Å². The number of hydrogen-bond acceptors (Lipinski definition) is 2. The molecular formula is C16H17BrClNO. The van der Waals surface area contributed by atoms with Gasteiger partial charge in [0.05, 0.1) is 0 Å². The van der Waals surface area contributed by atoms with Crippen molar-refractivity contribution in [3.05, 3.63) is 57.5 Å². The molecule has 20 heavy (non-hydrogen) atoms. The number of ether oxygens (including phenoxy) is 1. The first-order valence-electron chi connectivity index (χ1n) is 6.56. The van der Waals surface area contributed by atoms with Gasteiger partial charge in [0.25, 0.3) is 0 Å². The summed E-state index contributed by atoms with van der Waals surface area (Å²) in [6.07, 6.45) is 1.71. The Kier molecular flexibility index (Phi) is 5.46. The topological polar surface area (TPSA) is 35.2 Å². The number of rotatable bonds is 5. The fourth-order valence-electron chi connectivity index (χ4n) is 1.85. The predicted molar refractivity (Wildman–Crippen MR) is 87.6 cm³/mol. The van der Waals surface area contributed by atoms with E-state index in [0.717, 1.165) is 34.4 Å². The van der Waals surface area contributed by atoms with Gasteiger partial charge in [0, 0.05) is 15.5 Å². The first-order chi connectivity index (χ1) is 9.58. The van der Waals surface area contributed by atoms with Crippen LogP contribution in [0.5, 0.6) is 11.5 Å². The van der Waals surface area contributed by atoms with Crippen molar-refractivity contribution in [1.82, 2.24) is 0 Å². The van der Waals surface area contributed by atoms with Crippen LogP contribution in [0.3, 0.4) is 0 Å². The van der Waals surface area contributed by atoms with Gasteiger partial charge < -0.3 is 10.5 Å². The number of hydrogen-bond donors (Lipinski definition) is 1. The van der Waals surface area contributed by atoms with E-state index in [-0.39, 0.29) is 6.04 Å². The minimum Gasteiger partial charge on any atom is -0.457 e. The van der Waals surface area contributed by atoms with Gasteiger partial charge in [-0.3, -0.25) is 0 Å². The lowest BCUT2D eigenvalue weighted by atomic mass is 10.0. The van der Waals surface area contributed by atoms with E-state index >= 15 is 0 Å². The average molecular weight is 355 g/mol. The van der Waals surface area contributed by atoms with Gasteiger partial charge in [-0.25, -0.2) is 0 Å². The highest BCUT2D eigenvalue weighted by atomic mass is 79.9. The van der Waals surface area contributed by atoms with Crippen LogP contribution in [0.2, 0.25) is 5.02 Å². The molecule has 2 aromatic rings. The Morgan fingerprint density at radius 1 is 1.20 bits per heavy atom. The molecule has 0 amide bonds. The fourth-order valence-corrected chi connectivity index (χ4v) is 2.27. The van der Waals surface area contributed by atoms with E-state index in [1.165, 1.54) is 0 Å². The summed E-state index contributed by atoms with van der Waals surface area (Å²) < 4.78 is 6.95. The van der Waals surface area contributed by atoms with E-state index in [0.29, 0.717) is 5.02 Å². The zero-order valence-electron chi connectivity index (χ0n) is 11.3. The molecule has 2 aromatic carbocycles. The van der Waals surface area contributed by atoms with E-state index in [1.807, 2.05) is 42.5 Å². The van der Waals surface area contributed by atoms with Crippen molar-refractivity contribution in [3.8, 4) is 11.5 Å². The molecule has 0 aliphatic rings. The first kappa shape index (κ1) is 15.4. The highest BCUT2D eigenvalue weighted by Gasteiger charge is 2.10. The maximum absolute atomic E-state index is 6.06. The standard InChI is InChI=1S/C16H17BrClNO/c1-2-14(19)9-11-3-6-13(18)10-16(11)20-15-7-4-12(17)5-8-15/h3-8,10,14H,2,9,19H2,1H3. The Morgan fingerprint density at radius 2 is 1.90 bits per heavy atom. The second-order valence-electron chi connectivity index (χ2n) is 4.68. The summed E-state index contributed by atoms with van der Waals surface area (Å²) in [4.78, 5) is 0. The Bertz CT molecular complexity index is 571. The molecule has 0 heterocycles. The minimum atomic E-state index is 0.128. The highest BCUT2D eigenvalue weighted by molar-refractivity contribution is 9.10. The molecular weight excluding hydrogens is 338 g/mol. The maximum Gasteiger partial charge on any atom is 0.132 e. The summed E-state index contributed by atoms with van der Waals surface area (Å²) in [6, 6.07) is 13.5. The molecule has 0 aliphatic heterocycles. The van der Waals surface area contributed by atoms with Gasteiger partial charge in [-0.1, -0.05) is 40.5 Å².